The van der Waals surface area contributed by atoms with Crippen LogP contribution in [-0.2, 0) is 47.7 Å². The van der Waals surface area contributed by atoms with Gasteiger partial charge in [-0.3, -0.25) is 24.0 Å². The number of esters is 4. The largest absolute Gasteiger partial charge is 0.497 e. The number of rotatable bonds is 10. The Morgan fingerprint density at radius 2 is 1.47 bits per heavy atom. The fourth-order valence-electron chi connectivity index (χ4n) is 3.77. The monoisotopic (exact) mass is 509 g/mol. The topological polar surface area (TPSA) is 144 Å². The molecule has 0 aromatic heterocycles. The van der Waals surface area contributed by atoms with E-state index in [0.717, 1.165) is 27.7 Å². The number of methoxy groups -OCH3 is 1. The van der Waals surface area contributed by atoms with Crippen LogP contribution in [0.2, 0.25) is 0 Å². The molecule has 0 unspecified atom stereocenters. The second-order valence-electron chi connectivity index (χ2n) is 8.07. The van der Waals surface area contributed by atoms with Gasteiger partial charge < -0.3 is 33.3 Å². The highest BCUT2D eigenvalue weighted by atomic mass is 16.6. The zero-order valence-corrected chi connectivity index (χ0v) is 21.0. The van der Waals surface area contributed by atoms with Gasteiger partial charge in [0, 0.05) is 40.2 Å². The summed E-state index contributed by atoms with van der Waals surface area (Å²) in [5.74, 6) is -2.65. The Kier molecular flexibility index (Phi) is 10.2. The third-order valence-electron chi connectivity index (χ3n) is 5.20. The van der Waals surface area contributed by atoms with Gasteiger partial charge in [-0.05, 0) is 12.1 Å². The standard InChI is InChI=1S/C24H31NO11/c1-13(26)25-11-20(36-24(25)18-7-9-19(31-6)10-8-18)22(34-16(4)29)23(35-17(5)30)21(33-15(3)28)12-32-14(2)27/h7-10,20-24H,11-12H2,1-6H3/t20-,21+,22+,23+,24-/m0/s1. The number of hydrogen-bond acceptors (Lipinski definition) is 11. The van der Waals surface area contributed by atoms with Crippen LogP contribution in [0.25, 0.3) is 0 Å². The second-order valence-corrected chi connectivity index (χ2v) is 8.07. The minimum Gasteiger partial charge on any atom is -0.497 e. The molecular weight excluding hydrogens is 478 g/mol. The van der Waals surface area contributed by atoms with Gasteiger partial charge in [0.05, 0.1) is 13.7 Å². The van der Waals surface area contributed by atoms with Gasteiger partial charge in [0.15, 0.2) is 24.5 Å². The number of carbonyl (C=O) groups is 5. The van der Waals surface area contributed by atoms with E-state index in [9.17, 15) is 24.0 Å². The molecule has 1 aromatic rings. The second kappa shape index (κ2) is 12.9. The smallest absolute Gasteiger partial charge is 0.303 e. The number of carbonyl (C=O) groups excluding carboxylic acids is 5. The molecule has 1 heterocycles. The van der Waals surface area contributed by atoms with Gasteiger partial charge >= 0.3 is 23.9 Å². The lowest BCUT2D eigenvalue weighted by Crippen LogP contribution is -2.53. The van der Waals surface area contributed by atoms with Crippen LogP contribution in [0.5, 0.6) is 5.75 Å². The molecule has 198 valence electrons. The summed E-state index contributed by atoms with van der Waals surface area (Å²) in [7, 11) is 1.52. The lowest BCUT2D eigenvalue weighted by molar-refractivity contribution is -0.200. The Hall–Kier alpha value is -3.67. The van der Waals surface area contributed by atoms with Crippen LogP contribution in [0.15, 0.2) is 24.3 Å². The summed E-state index contributed by atoms with van der Waals surface area (Å²) in [5, 5.41) is 0. The molecule has 36 heavy (non-hydrogen) atoms. The van der Waals surface area contributed by atoms with E-state index in [2.05, 4.69) is 0 Å². The van der Waals surface area contributed by atoms with Crippen molar-refractivity contribution in [2.24, 2.45) is 0 Å². The Morgan fingerprint density at radius 3 is 1.94 bits per heavy atom. The third kappa shape index (κ3) is 7.94. The Morgan fingerprint density at radius 1 is 0.889 bits per heavy atom. The molecule has 1 aliphatic heterocycles. The first-order valence-electron chi connectivity index (χ1n) is 11.1. The quantitative estimate of drug-likeness (QED) is 0.332. The van der Waals surface area contributed by atoms with E-state index in [0.29, 0.717) is 11.3 Å². The Labute approximate surface area is 208 Å². The molecule has 0 bridgehead atoms. The molecule has 1 saturated heterocycles. The molecule has 0 aliphatic carbocycles. The molecule has 0 N–H and O–H groups in total. The van der Waals surface area contributed by atoms with E-state index in [-0.39, 0.29) is 12.5 Å². The Balaban J connectivity index is 2.47. The van der Waals surface area contributed by atoms with Crippen LogP contribution in [0, 0.1) is 0 Å². The van der Waals surface area contributed by atoms with E-state index in [1.54, 1.807) is 24.3 Å². The van der Waals surface area contributed by atoms with Crippen molar-refractivity contribution in [3.63, 3.8) is 0 Å². The van der Waals surface area contributed by atoms with Gasteiger partial charge in [0.25, 0.3) is 0 Å². The molecule has 2 rings (SSSR count). The summed E-state index contributed by atoms with van der Waals surface area (Å²) in [6.07, 6.45) is -5.91. The van der Waals surface area contributed by atoms with Crippen molar-refractivity contribution in [2.75, 3.05) is 20.3 Å². The summed E-state index contributed by atoms with van der Waals surface area (Å²) in [4.78, 5) is 61.1. The highest BCUT2D eigenvalue weighted by Gasteiger charge is 2.48. The van der Waals surface area contributed by atoms with Crippen LogP contribution in [0.1, 0.15) is 46.4 Å². The number of nitrogens with zero attached hydrogens (tertiary/aromatic N) is 1. The van der Waals surface area contributed by atoms with Gasteiger partial charge in [0.1, 0.15) is 18.5 Å². The maximum Gasteiger partial charge on any atom is 0.303 e. The number of benzene rings is 1. The van der Waals surface area contributed by atoms with Crippen molar-refractivity contribution in [1.82, 2.24) is 4.90 Å². The molecule has 1 amide bonds. The van der Waals surface area contributed by atoms with E-state index in [1.807, 2.05) is 0 Å². The maximum atomic E-state index is 12.4. The maximum absolute atomic E-state index is 12.4. The zero-order valence-electron chi connectivity index (χ0n) is 21.0. The molecule has 1 fully saturated rings. The van der Waals surface area contributed by atoms with Gasteiger partial charge in [-0.1, -0.05) is 12.1 Å². The zero-order chi connectivity index (χ0) is 27.0. The summed E-state index contributed by atoms with van der Waals surface area (Å²) < 4.78 is 32.5. The first-order chi connectivity index (χ1) is 16.9. The van der Waals surface area contributed by atoms with Gasteiger partial charge in [-0.25, -0.2) is 0 Å². The van der Waals surface area contributed by atoms with E-state index >= 15 is 0 Å². The molecule has 0 radical (unpaired) electrons. The van der Waals surface area contributed by atoms with Crippen LogP contribution in [0.3, 0.4) is 0 Å². The van der Waals surface area contributed by atoms with E-state index in [1.165, 1.54) is 18.9 Å². The summed E-state index contributed by atoms with van der Waals surface area (Å²) in [6.45, 7) is 5.37. The summed E-state index contributed by atoms with van der Waals surface area (Å²) in [5.41, 5.74) is 0.621. The summed E-state index contributed by atoms with van der Waals surface area (Å²) >= 11 is 0. The van der Waals surface area contributed by atoms with Crippen molar-refractivity contribution in [3.8, 4) is 5.75 Å². The predicted molar refractivity (Wildman–Crippen MR) is 121 cm³/mol. The average Bonchev–Trinajstić information content (AvgIpc) is 3.24. The highest BCUT2D eigenvalue weighted by Crippen LogP contribution is 2.35. The van der Waals surface area contributed by atoms with E-state index in [4.69, 9.17) is 28.4 Å². The molecule has 0 spiro atoms. The molecular formula is C24H31NO11. The van der Waals surface area contributed by atoms with Crippen LogP contribution >= 0.6 is 0 Å². The fourth-order valence-corrected chi connectivity index (χ4v) is 3.77. The minimum atomic E-state index is -1.41. The Bertz CT molecular complexity index is 961. The van der Waals surface area contributed by atoms with Crippen molar-refractivity contribution >= 4 is 29.8 Å². The lowest BCUT2D eigenvalue weighted by atomic mass is 10.0. The first-order valence-corrected chi connectivity index (χ1v) is 11.1. The predicted octanol–water partition coefficient (Wildman–Crippen LogP) is 1.30. The van der Waals surface area contributed by atoms with Gasteiger partial charge in [-0.15, -0.1) is 0 Å². The highest BCUT2D eigenvalue weighted by molar-refractivity contribution is 5.74. The molecule has 12 heteroatoms. The SMILES string of the molecule is COc1ccc([C@@H]2O[C@H]([C@@H](OC(C)=O)[C@H](OC(C)=O)[C@@H](COC(C)=O)OC(C)=O)CN2C(C)=O)cc1. The fraction of sp³-hybridized carbons (Fsp3) is 0.542. The van der Waals surface area contributed by atoms with Crippen molar-refractivity contribution in [3.05, 3.63) is 29.8 Å². The average molecular weight is 510 g/mol. The molecule has 12 nitrogen and oxygen atoms in total. The molecule has 1 aliphatic rings. The van der Waals surface area contributed by atoms with E-state index < -0.39 is 61.1 Å². The van der Waals surface area contributed by atoms with Gasteiger partial charge in [0.2, 0.25) is 5.91 Å². The van der Waals surface area contributed by atoms with Crippen LogP contribution in [-0.4, -0.2) is 79.4 Å². The number of hydrogen-bond donors (Lipinski definition) is 0. The first kappa shape index (κ1) is 28.6. The molecule has 0 saturated carbocycles. The minimum absolute atomic E-state index is 0.0396. The van der Waals surface area contributed by atoms with Crippen molar-refractivity contribution < 1.29 is 52.4 Å². The normalized spacial score (nSPS) is 19.4. The number of ether oxygens (including phenoxy) is 6. The number of amides is 1. The van der Waals surface area contributed by atoms with Gasteiger partial charge in [-0.2, -0.15) is 0 Å². The van der Waals surface area contributed by atoms with Crippen LogP contribution < -0.4 is 4.74 Å². The lowest BCUT2D eigenvalue weighted by Gasteiger charge is -2.34. The van der Waals surface area contributed by atoms with Crippen molar-refractivity contribution in [1.29, 1.82) is 0 Å². The third-order valence-corrected chi connectivity index (χ3v) is 5.20. The van der Waals surface area contributed by atoms with Crippen LogP contribution in [0.4, 0.5) is 0 Å². The molecule has 5 atom stereocenters. The summed E-state index contributed by atoms with van der Waals surface area (Å²) in [6, 6.07) is 6.83. The molecule has 1 aromatic carbocycles. The van der Waals surface area contributed by atoms with Crippen molar-refractivity contribution in [2.45, 2.75) is 65.3 Å².